The zero-order valence-corrected chi connectivity index (χ0v) is 16.7. The number of ether oxygens (including phenoxy) is 1. The van der Waals surface area contributed by atoms with Crippen molar-refractivity contribution in [1.82, 2.24) is 4.98 Å². The maximum atomic E-state index is 12.1. The summed E-state index contributed by atoms with van der Waals surface area (Å²) in [7, 11) is 0. The van der Waals surface area contributed by atoms with Gasteiger partial charge in [0.1, 0.15) is 12.4 Å². The molecule has 1 N–H and O–H groups in total. The van der Waals surface area contributed by atoms with E-state index in [0.717, 1.165) is 21.8 Å². The maximum absolute atomic E-state index is 12.1. The Morgan fingerprint density at radius 3 is 2.66 bits per heavy atom. The van der Waals surface area contributed by atoms with Gasteiger partial charge in [-0.3, -0.25) is 14.9 Å². The Kier molecular flexibility index (Phi) is 6.36. The number of amides is 1. The average molecular weight is 409 g/mol. The van der Waals surface area contributed by atoms with E-state index >= 15 is 0 Å². The summed E-state index contributed by atoms with van der Waals surface area (Å²) >= 11 is 1.58. The topological polar surface area (TPSA) is 94.4 Å². The van der Waals surface area contributed by atoms with Crippen LogP contribution in [-0.2, 0) is 11.4 Å². The van der Waals surface area contributed by atoms with Crippen LogP contribution in [-0.4, -0.2) is 15.8 Å². The van der Waals surface area contributed by atoms with Crippen molar-refractivity contribution >= 4 is 34.7 Å². The summed E-state index contributed by atoms with van der Waals surface area (Å²) in [5.74, 6) is 0.345. The minimum atomic E-state index is -0.496. The van der Waals surface area contributed by atoms with Crippen LogP contribution in [0.2, 0.25) is 0 Å². The first-order valence-corrected chi connectivity index (χ1v) is 9.66. The highest BCUT2D eigenvalue weighted by Crippen LogP contribution is 2.22. The maximum Gasteiger partial charge on any atom is 0.271 e. The lowest BCUT2D eigenvalue weighted by molar-refractivity contribution is -0.384. The second-order valence-electron chi connectivity index (χ2n) is 6.29. The third-order valence-electron chi connectivity index (χ3n) is 4.05. The Balaban J connectivity index is 1.57. The fourth-order valence-corrected chi connectivity index (χ4v) is 3.11. The number of benzene rings is 2. The molecule has 0 bridgehead atoms. The third kappa shape index (κ3) is 5.73. The molecule has 148 valence electrons. The molecule has 3 rings (SSSR count). The number of nitro benzene ring substituents is 1. The number of anilines is 1. The molecule has 1 heterocycles. The summed E-state index contributed by atoms with van der Waals surface area (Å²) < 4.78 is 5.69. The summed E-state index contributed by atoms with van der Waals surface area (Å²) in [6.07, 6.45) is 3.04. The summed E-state index contributed by atoms with van der Waals surface area (Å²) in [6.45, 7) is 4.13. The first-order chi connectivity index (χ1) is 13.9. The van der Waals surface area contributed by atoms with Crippen molar-refractivity contribution in [2.45, 2.75) is 20.5 Å². The van der Waals surface area contributed by atoms with E-state index in [1.54, 1.807) is 30.4 Å². The van der Waals surface area contributed by atoms with Gasteiger partial charge in [0.05, 0.1) is 21.3 Å². The van der Waals surface area contributed by atoms with E-state index in [4.69, 9.17) is 4.74 Å². The van der Waals surface area contributed by atoms with Gasteiger partial charge in [-0.15, -0.1) is 11.3 Å². The molecule has 1 amide bonds. The minimum absolute atomic E-state index is 0.0710. The molecule has 2 aromatic carbocycles. The van der Waals surface area contributed by atoms with Gasteiger partial charge in [0.25, 0.3) is 5.69 Å². The zero-order chi connectivity index (χ0) is 20.8. The van der Waals surface area contributed by atoms with Gasteiger partial charge in [0.2, 0.25) is 5.91 Å². The molecular weight excluding hydrogens is 390 g/mol. The molecule has 0 atom stereocenters. The number of nitrogens with one attached hydrogen (secondary N) is 1. The number of aryl methyl sites for hydroxylation is 2. The molecule has 0 aliphatic carbocycles. The predicted octanol–water partition coefficient (Wildman–Crippen LogP) is 4.90. The van der Waals surface area contributed by atoms with E-state index in [0.29, 0.717) is 18.0 Å². The van der Waals surface area contributed by atoms with Gasteiger partial charge >= 0.3 is 0 Å². The average Bonchev–Trinajstić information content (AvgIpc) is 3.12. The Labute approximate surface area is 171 Å². The van der Waals surface area contributed by atoms with Gasteiger partial charge in [0.15, 0.2) is 0 Å². The van der Waals surface area contributed by atoms with Crippen molar-refractivity contribution in [3.63, 3.8) is 0 Å². The fourth-order valence-electron chi connectivity index (χ4n) is 2.51. The van der Waals surface area contributed by atoms with E-state index in [1.165, 1.54) is 18.2 Å². The van der Waals surface area contributed by atoms with Crippen LogP contribution in [0.3, 0.4) is 0 Å². The van der Waals surface area contributed by atoms with Crippen LogP contribution in [0.5, 0.6) is 5.75 Å². The fraction of sp³-hybridized carbons (Fsp3) is 0.143. The number of rotatable bonds is 7. The molecule has 7 nitrogen and oxygen atoms in total. The van der Waals surface area contributed by atoms with Crippen molar-refractivity contribution in [1.29, 1.82) is 0 Å². The van der Waals surface area contributed by atoms with E-state index in [1.807, 2.05) is 36.6 Å². The first-order valence-electron chi connectivity index (χ1n) is 8.79. The second kappa shape index (κ2) is 9.11. The van der Waals surface area contributed by atoms with Crippen LogP contribution < -0.4 is 10.1 Å². The van der Waals surface area contributed by atoms with Crippen molar-refractivity contribution in [2.24, 2.45) is 0 Å². The van der Waals surface area contributed by atoms with Crippen LogP contribution in [0.15, 0.2) is 53.9 Å². The van der Waals surface area contributed by atoms with Gasteiger partial charge < -0.3 is 10.1 Å². The van der Waals surface area contributed by atoms with E-state index in [2.05, 4.69) is 10.3 Å². The van der Waals surface area contributed by atoms with Crippen molar-refractivity contribution in [2.75, 3.05) is 5.32 Å². The molecule has 8 heteroatoms. The Morgan fingerprint density at radius 2 is 2.00 bits per heavy atom. The normalized spacial score (nSPS) is 10.8. The number of nitrogens with zero attached hydrogens (tertiary/aromatic N) is 2. The monoisotopic (exact) mass is 409 g/mol. The highest BCUT2D eigenvalue weighted by atomic mass is 32.1. The summed E-state index contributed by atoms with van der Waals surface area (Å²) in [6, 6.07) is 11.7. The summed E-state index contributed by atoms with van der Waals surface area (Å²) in [4.78, 5) is 26.9. The summed E-state index contributed by atoms with van der Waals surface area (Å²) in [5, 5.41) is 16.5. The highest BCUT2D eigenvalue weighted by molar-refractivity contribution is 7.09. The van der Waals surface area contributed by atoms with Crippen LogP contribution in [0.4, 0.5) is 11.4 Å². The standard InChI is InChI=1S/C21H19N3O4S/c1-14-3-7-18(24(26)27)11-20(14)23-21(25)10-6-16-4-8-19(9-5-16)28-12-17-13-29-15(2)22-17/h3-11,13H,12H2,1-2H3,(H,23,25)/b10-6+. The van der Waals surface area contributed by atoms with E-state index in [9.17, 15) is 14.9 Å². The van der Waals surface area contributed by atoms with Gasteiger partial charge in [-0.1, -0.05) is 18.2 Å². The van der Waals surface area contributed by atoms with Gasteiger partial charge in [-0.25, -0.2) is 4.98 Å². The Morgan fingerprint density at radius 1 is 1.24 bits per heavy atom. The van der Waals surface area contributed by atoms with Gasteiger partial charge in [0, 0.05) is 23.6 Å². The number of aromatic nitrogens is 1. The number of nitro groups is 1. The van der Waals surface area contributed by atoms with Crippen LogP contribution in [0.1, 0.15) is 21.8 Å². The molecule has 0 unspecified atom stereocenters. The molecule has 0 spiro atoms. The van der Waals surface area contributed by atoms with Crippen LogP contribution >= 0.6 is 11.3 Å². The molecule has 0 aliphatic rings. The van der Waals surface area contributed by atoms with Crippen molar-refractivity contribution in [3.05, 3.63) is 85.9 Å². The Hall–Kier alpha value is -3.52. The number of carbonyl (C=O) groups excluding carboxylic acids is 1. The SMILES string of the molecule is Cc1nc(COc2ccc(/C=C/C(=O)Nc3cc([N+](=O)[O-])ccc3C)cc2)cs1. The molecule has 0 aliphatic heterocycles. The lowest BCUT2D eigenvalue weighted by Crippen LogP contribution is -2.09. The lowest BCUT2D eigenvalue weighted by Gasteiger charge is -2.06. The number of non-ortho nitro benzene ring substituents is 1. The van der Waals surface area contributed by atoms with Crippen molar-refractivity contribution < 1.29 is 14.5 Å². The Bertz CT molecular complexity index is 1060. The minimum Gasteiger partial charge on any atom is -0.487 e. The van der Waals surface area contributed by atoms with E-state index < -0.39 is 4.92 Å². The molecule has 3 aromatic rings. The van der Waals surface area contributed by atoms with Crippen LogP contribution in [0.25, 0.3) is 6.08 Å². The zero-order valence-electron chi connectivity index (χ0n) is 15.9. The first kappa shape index (κ1) is 20.2. The largest absolute Gasteiger partial charge is 0.487 e. The quantitative estimate of drug-likeness (QED) is 0.340. The molecule has 0 radical (unpaired) electrons. The third-order valence-corrected chi connectivity index (χ3v) is 4.87. The number of hydrogen-bond donors (Lipinski definition) is 1. The molecule has 0 fully saturated rings. The molecular formula is C21H19N3O4S. The number of hydrogen-bond acceptors (Lipinski definition) is 6. The molecule has 29 heavy (non-hydrogen) atoms. The van der Waals surface area contributed by atoms with E-state index in [-0.39, 0.29) is 11.6 Å². The summed E-state index contributed by atoms with van der Waals surface area (Å²) in [5.41, 5.74) is 2.81. The van der Waals surface area contributed by atoms with Crippen molar-refractivity contribution in [3.8, 4) is 5.75 Å². The second-order valence-corrected chi connectivity index (χ2v) is 7.36. The number of thiazole rings is 1. The number of carbonyl (C=O) groups is 1. The predicted molar refractivity (Wildman–Crippen MR) is 113 cm³/mol. The highest BCUT2D eigenvalue weighted by Gasteiger charge is 2.10. The van der Waals surface area contributed by atoms with Gasteiger partial charge in [-0.2, -0.15) is 0 Å². The molecule has 1 aromatic heterocycles. The smallest absolute Gasteiger partial charge is 0.271 e. The van der Waals surface area contributed by atoms with Gasteiger partial charge in [-0.05, 0) is 43.2 Å². The molecule has 0 saturated heterocycles. The van der Waals surface area contributed by atoms with Crippen LogP contribution in [0, 0.1) is 24.0 Å². The molecule has 0 saturated carbocycles. The lowest BCUT2D eigenvalue weighted by atomic mass is 10.1.